The number of thioether (sulfide) groups is 3. The molecule has 14 heterocycles. The van der Waals surface area contributed by atoms with Crippen LogP contribution >= 0.6 is 35.3 Å². The van der Waals surface area contributed by atoms with Crippen LogP contribution in [0.1, 0.15) is 63.7 Å². The molecular formula is C85H92F9N24NaO19S3. The van der Waals surface area contributed by atoms with Crippen LogP contribution in [0.3, 0.4) is 0 Å². The minimum absolute atomic E-state index is 0. The Morgan fingerprint density at radius 3 is 1.12 bits per heavy atom. The molecule has 6 fully saturated rings. The number of halogens is 9. The second-order valence-electron chi connectivity index (χ2n) is 31.8. The van der Waals surface area contributed by atoms with Gasteiger partial charge in [0.1, 0.15) is 107 Å². The summed E-state index contributed by atoms with van der Waals surface area (Å²) in [5.41, 5.74) is 7.44. The molecule has 56 heteroatoms. The van der Waals surface area contributed by atoms with Crippen molar-refractivity contribution >= 4 is 47.2 Å². The fourth-order valence-corrected chi connectivity index (χ4v) is 20.5. The maximum atomic E-state index is 14.0. The van der Waals surface area contributed by atoms with Gasteiger partial charge in [-0.2, -0.15) is 7.11 Å². The van der Waals surface area contributed by atoms with Crippen molar-refractivity contribution in [1.29, 1.82) is 0 Å². The third-order valence-electron chi connectivity index (χ3n) is 23.1. The first-order valence-corrected chi connectivity index (χ1v) is 45.4. The number of methoxy groups -OCH3 is 3. The molecule has 8 aromatic heterocycles. The van der Waals surface area contributed by atoms with Gasteiger partial charge in [0, 0.05) is 106 Å². The normalized spacial score (nSPS) is 27.4. The maximum Gasteiger partial charge on any atom is 1.00 e. The van der Waals surface area contributed by atoms with Gasteiger partial charge in [0.25, 0.3) is 0 Å². The Morgan fingerprint density at radius 1 is 0.475 bits per heavy atom. The number of carbonyl (C=O) groups excluding carboxylic acids is 2. The van der Waals surface area contributed by atoms with E-state index in [0.29, 0.717) is 28.9 Å². The van der Waals surface area contributed by atoms with Crippen LogP contribution < -0.4 is 34.7 Å². The zero-order valence-corrected chi connectivity index (χ0v) is 80.6. The Hall–Kier alpha value is -10.8. The summed E-state index contributed by atoms with van der Waals surface area (Å²) < 4.78 is 195. The standard InChI is InChI=1S/C29H31F3N8O6S.C26H27F3N8O6S.C23H27F3N6O6S.C6H4N2.CH3O.Na/c1-14-22(12-45-15(2)41)46-29(27(43-3)25(14)40-9-19(35-38-40)16-7-17(30)24(32)18(31)8-16)47-23-13-44-11-21(26(23)42)39-10-20(36-37-39)28-33-5-4-6-34-28;1-41-24-21(37-7-15(32-35-37)12-5-13(27)20(29)14(28)6-12)23(40)18(9-38)43-26(24)44-19-11-42-10-17(22(19)39)36-8-16(33-34-36)25-30-3-2-4-31-25;1-10-17(8-37-11(2)33)38-23(39-18-9-36-7-16(21(18)34)28-30-27)22(35-3)20(10)32-6-15(29-31-32)12-4-13(24)19(26)14(25)5-12;1-2-6-7-4-3-5-8-6;1-2;/h4-10,14,21-23,25-27,29,42H,11-13H2,1-3H3;2-8,17-19,21-24,26,38-40H,9-11H2,1H3;4-6,10,16-18,20-23,34H,7-9H2,1-3H3;1,3-5H;1H3;/q;;;;-1;+1. The van der Waals surface area contributed by atoms with Crippen LogP contribution in [0.4, 0.5) is 39.5 Å². The maximum absolute atomic E-state index is 14.0. The van der Waals surface area contributed by atoms with E-state index in [0.717, 1.165) is 43.5 Å². The van der Waals surface area contributed by atoms with E-state index < -0.39 is 200 Å². The number of esters is 2. The van der Waals surface area contributed by atoms with Crippen LogP contribution in [-0.4, -0.2) is 329 Å². The molecule has 0 radical (unpaired) electrons. The average Bonchev–Trinajstić information content (AvgIpc) is 1.36. The van der Waals surface area contributed by atoms with Crippen molar-refractivity contribution in [3.8, 4) is 69.2 Å². The molecule has 11 aromatic rings. The first-order valence-electron chi connectivity index (χ1n) is 42.6. The second kappa shape index (κ2) is 50.9. The number of nitrogens with zero attached hydrogens (tertiary/aromatic N) is 24. The average molecular weight is 2040 g/mol. The van der Waals surface area contributed by atoms with Gasteiger partial charge in [-0.3, -0.25) is 9.59 Å². The molecule has 5 N–H and O–H groups in total. The summed E-state index contributed by atoms with van der Waals surface area (Å²) in [6.45, 7) is 6.43. The van der Waals surface area contributed by atoms with Gasteiger partial charge in [-0.05, 0) is 66.0 Å². The zero-order valence-electron chi connectivity index (χ0n) is 76.2. The summed E-state index contributed by atoms with van der Waals surface area (Å²) >= 11 is 3.67. The number of benzene rings is 3. The van der Waals surface area contributed by atoms with Crippen LogP contribution in [0.15, 0.2) is 128 Å². The van der Waals surface area contributed by atoms with Crippen molar-refractivity contribution in [3.05, 3.63) is 191 Å². The SMILES string of the molecule is C#Cc1ncccn1.COC1C(SC2COCC(N=[N+]=[N-])C2O)OC(COC(C)=O)C(C)C1n1cc(-c2cc(F)c(F)c(F)c2)nn1.COC1C(SC2COCC(n3cc(-c4ncccn4)nn3)C2O)OC(CO)C(O)C1n1cc(-c2cc(F)c(F)c(F)c2)nn1.COC1C(SC2COCC(n3cc(-c4ncccn4)nn3)C2O)OC(COC(C)=O)C(C)C1n1cc(-c2cc(F)c(F)c(F)c2)nn1.C[O-].[Na+]. The Labute approximate surface area is 830 Å². The molecule has 0 amide bonds. The Morgan fingerprint density at radius 2 is 0.787 bits per heavy atom. The van der Waals surface area contributed by atoms with E-state index in [1.165, 1.54) is 112 Å². The largest absolute Gasteiger partial charge is 1.00 e. The first-order chi connectivity index (χ1) is 67.5. The van der Waals surface area contributed by atoms with Gasteiger partial charge in [-0.15, -0.1) is 67.2 Å². The molecule has 6 aliphatic heterocycles. The fourth-order valence-electron chi connectivity index (χ4n) is 16.0. The van der Waals surface area contributed by atoms with E-state index in [9.17, 15) is 74.6 Å². The topological polar surface area (TPSA) is 540 Å². The third-order valence-corrected chi connectivity index (χ3v) is 27.3. The van der Waals surface area contributed by atoms with E-state index in [-0.39, 0.29) is 128 Å². The van der Waals surface area contributed by atoms with Crippen LogP contribution in [0.5, 0.6) is 0 Å². The third kappa shape index (κ3) is 26.1. The molecule has 0 bridgehead atoms. The van der Waals surface area contributed by atoms with Gasteiger partial charge in [0.05, 0.1) is 142 Å². The van der Waals surface area contributed by atoms with E-state index in [4.69, 9.17) is 69.2 Å². The number of hydrogen-bond donors (Lipinski definition) is 5. The van der Waals surface area contributed by atoms with Gasteiger partial charge < -0.3 is 82.7 Å². The molecular weight excluding hydrogens is 1950 g/mol. The first kappa shape index (κ1) is 109. The minimum atomic E-state index is -1.61. The fraction of sp³-hybridized carbons (Fsp3) is 0.482. The minimum Gasteiger partial charge on any atom is -0.857 e. The number of aliphatic hydroxyl groups excluding tert-OH is 5. The molecule has 6 saturated heterocycles. The number of aromatic nitrogens is 21. The van der Waals surface area contributed by atoms with Crippen molar-refractivity contribution in [1.82, 2.24) is 105 Å². The zero-order chi connectivity index (χ0) is 100. The van der Waals surface area contributed by atoms with Crippen molar-refractivity contribution in [2.75, 3.05) is 87.9 Å². The van der Waals surface area contributed by atoms with Crippen LogP contribution in [0.25, 0.3) is 67.3 Å². The van der Waals surface area contributed by atoms with Gasteiger partial charge in [0.15, 0.2) is 64.0 Å². The summed E-state index contributed by atoms with van der Waals surface area (Å²) in [5, 5.41) is 106. The molecule has 43 nitrogen and oxygen atoms in total. The molecule has 17 rings (SSSR count). The van der Waals surface area contributed by atoms with Crippen molar-refractivity contribution in [2.45, 2.75) is 157 Å². The molecule has 6 aliphatic rings. The van der Waals surface area contributed by atoms with Crippen molar-refractivity contribution in [2.24, 2.45) is 17.0 Å². The van der Waals surface area contributed by atoms with Crippen LogP contribution in [0, 0.1) is 76.5 Å². The number of azide groups is 1. The predicted molar refractivity (Wildman–Crippen MR) is 470 cm³/mol. The molecule has 141 heavy (non-hydrogen) atoms. The molecule has 0 aliphatic carbocycles. The smallest absolute Gasteiger partial charge is 0.857 e. The summed E-state index contributed by atoms with van der Waals surface area (Å²) in [4.78, 5) is 50.2. The van der Waals surface area contributed by atoms with Gasteiger partial charge in [0.2, 0.25) is 5.82 Å². The van der Waals surface area contributed by atoms with Gasteiger partial charge >= 0.3 is 41.5 Å². The number of ether oxygens (including phenoxy) is 11. The van der Waals surface area contributed by atoms with E-state index in [1.807, 2.05) is 13.8 Å². The molecule has 24 unspecified atom stereocenters. The molecule has 24 atom stereocenters. The van der Waals surface area contributed by atoms with Crippen molar-refractivity contribution < 1.29 is 161 Å². The number of hydrogen-bond acceptors (Lipinski definition) is 39. The van der Waals surface area contributed by atoms with E-state index >= 15 is 0 Å². The second-order valence-corrected chi connectivity index (χ2v) is 35.8. The summed E-state index contributed by atoms with van der Waals surface area (Å²) in [6, 6.07) is 5.83. The number of rotatable bonds is 25. The summed E-state index contributed by atoms with van der Waals surface area (Å²) in [7, 11) is 5.10. The summed E-state index contributed by atoms with van der Waals surface area (Å²) in [5.74, 6) is -11.3. The van der Waals surface area contributed by atoms with Crippen molar-refractivity contribution in [3.63, 3.8) is 0 Å². The van der Waals surface area contributed by atoms with E-state index in [2.05, 4.69) is 97.4 Å². The number of aliphatic hydroxyl groups is 5. The quantitative estimate of drug-likeness (QED) is 0.00802. The molecule has 748 valence electrons. The van der Waals surface area contributed by atoms with Gasteiger partial charge in [-0.25, -0.2) is 92.8 Å². The van der Waals surface area contributed by atoms with E-state index in [1.54, 1.807) is 67.8 Å². The monoisotopic (exact) mass is 2040 g/mol. The molecule has 0 spiro atoms. The number of carbonyl (C=O) groups is 2. The Bertz CT molecular complexity index is 5960. The Balaban J connectivity index is 0.000000180. The predicted octanol–water partition coefficient (Wildman–Crippen LogP) is 2.86. The summed E-state index contributed by atoms with van der Waals surface area (Å²) in [6.07, 6.45) is 13.1. The van der Waals surface area contributed by atoms with Crippen LogP contribution in [-0.2, 0) is 61.7 Å². The molecule has 3 aromatic carbocycles. The Kier molecular flexibility index (Phi) is 39.4. The molecule has 0 saturated carbocycles. The number of terminal acetylenes is 1. The van der Waals surface area contributed by atoms with Crippen LogP contribution in [0.2, 0.25) is 0 Å². The van der Waals surface area contributed by atoms with Gasteiger partial charge in [-0.1, -0.05) is 45.0 Å².